The Labute approximate surface area is 124 Å². The highest BCUT2D eigenvalue weighted by atomic mass is 16.6. The van der Waals surface area contributed by atoms with Crippen molar-refractivity contribution in [2.24, 2.45) is 0 Å². The summed E-state index contributed by atoms with van der Waals surface area (Å²) < 4.78 is 9.85. The lowest BCUT2D eigenvalue weighted by atomic mass is 10.2. The second-order valence-corrected chi connectivity index (χ2v) is 4.54. The van der Waals surface area contributed by atoms with Gasteiger partial charge in [0.25, 0.3) is 11.6 Å². The van der Waals surface area contributed by atoms with Crippen LogP contribution in [0.15, 0.2) is 18.2 Å². The minimum Gasteiger partial charge on any atom is -0.482 e. The molecular weight excluding hydrogens is 296 g/mol. The molecule has 22 heavy (non-hydrogen) atoms. The Morgan fingerprint density at radius 3 is 2.82 bits per heavy atom. The third-order valence-corrected chi connectivity index (χ3v) is 2.82. The van der Waals surface area contributed by atoms with E-state index in [0.29, 0.717) is 0 Å². The van der Waals surface area contributed by atoms with Crippen molar-refractivity contribution in [2.45, 2.75) is 6.92 Å². The Balaban J connectivity index is 2.23. The van der Waals surface area contributed by atoms with E-state index in [9.17, 15) is 24.5 Å². The molecule has 9 nitrogen and oxygen atoms in total. The first-order valence-electron chi connectivity index (χ1n) is 6.25. The zero-order valence-electron chi connectivity index (χ0n) is 11.6. The second kappa shape index (κ2) is 6.20. The number of Topliss-reactive ketones (excluding diaryl/α,β-unsaturated/α-hetero) is 1. The van der Waals surface area contributed by atoms with Gasteiger partial charge in [-0.05, 0) is 13.0 Å². The molecule has 0 unspecified atom stereocenters. The molecule has 9 heteroatoms. The number of hydrogen-bond acceptors (Lipinski definition) is 7. The SMILES string of the molecule is CC(=O)COC(=O)CN1C(=O)COc2ccc([N+](=O)[O-])cc21. The molecule has 1 aromatic rings. The number of carbonyl (C=O) groups is 3. The number of ketones is 1. The first-order valence-corrected chi connectivity index (χ1v) is 6.25. The van der Waals surface area contributed by atoms with Gasteiger partial charge in [0.05, 0.1) is 10.6 Å². The molecule has 0 N–H and O–H groups in total. The Morgan fingerprint density at radius 2 is 2.18 bits per heavy atom. The lowest BCUT2D eigenvalue weighted by molar-refractivity contribution is -0.384. The topological polar surface area (TPSA) is 116 Å². The zero-order valence-corrected chi connectivity index (χ0v) is 11.6. The molecule has 1 aliphatic rings. The number of benzene rings is 1. The van der Waals surface area contributed by atoms with Crippen molar-refractivity contribution in [1.29, 1.82) is 0 Å². The summed E-state index contributed by atoms with van der Waals surface area (Å²) in [4.78, 5) is 45.5. The highest BCUT2D eigenvalue weighted by molar-refractivity contribution is 6.01. The number of non-ortho nitro benzene ring substituents is 1. The third kappa shape index (κ3) is 3.37. The van der Waals surface area contributed by atoms with Gasteiger partial charge in [-0.25, -0.2) is 0 Å². The van der Waals surface area contributed by atoms with E-state index in [1.165, 1.54) is 19.1 Å². The molecule has 0 aliphatic carbocycles. The molecule has 0 saturated carbocycles. The first kappa shape index (κ1) is 15.4. The molecular formula is C13H12N2O7. The normalized spacial score (nSPS) is 13.1. The standard InChI is InChI=1S/C13H12N2O7/c1-8(16)6-22-13(18)5-14-10-4-9(15(19)20)2-3-11(10)21-7-12(14)17/h2-4H,5-7H2,1H3. The molecule has 1 amide bonds. The van der Waals surface area contributed by atoms with E-state index >= 15 is 0 Å². The van der Waals surface area contributed by atoms with E-state index in [1.54, 1.807) is 0 Å². The number of esters is 1. The van der Waals surface area contributed by atoms with Crippen LogP contribution in [0.3, 0.4) is 0 Å². The maximum Gasteiger partial charge on any atom is 0.326 e. The number of amides is 1. The molecule has 1 aromatic carbocycles. The fourth-order valence-corrected chi connectivity index (χ4v) is 1.83. The summed E-state index contributed by atoms with van der Waals surface area (Å²) in [5, 5.41) is 10.8. The molecule has 0 aromatic heterocycles. The smallest absolute Gasteiger partial charge is 0.326 e. The molecule has 0 radical (unpaired) electrons. The Kier molecular flexibility index (Phi) is 4.35. The Hall–Kier alpha value is -2.97. The Morgan fingerprint density at radius 1 is 1.45 bits per heavy atom. The van der Waals surface area contributed by atoms with E-state index in [1.807, 2.05) is 0 Å². The van der Waals surface area contributed by atoms with Crippen LogP contribution in [0.1, 0.15) is 6.92 Å². The molecule has 0 atom stereocenters. The van der Waals surface area contributed by atoms with Crippen LogP contribution in [0, 0.1) is 10.1 Å². The quantitative estimate of drug-likeness (QED) is 0.440. The molecule has 116 valence electrons. The minimum atomic E-state index is -0.789. The summed E-state index contributed by atoms with van der Waals surface area (Å²) in [6.45, 7) is 0.124. The molecule has 2 rings (SSSR count). The lowest BCUT2D eigenvalue weighted by Crippen LogP contribution is -2.42. The minimum absolute atomic E-state index is 0.116. The van der Waals surface area contributed by atoms with Crippen molar-refractivity contribution in [2.75, 3.05) is 24.7 Å². The summed E-state index contributed by atoms with van der Waals surface area (Å²) in [6.07, 6.45) is 0. The summed E-state index contributed by atoms with van der Waals surface area (Å²) in [5.74, 6) is -1.40. The lowest BCUT2D eigenvalue weighted by Gasteiger charge is -2.28. The molecule has 0 fully saturated rings. The van der Waals surface area contributed by atoms with E-state index in [4.69, 9.17) is 9.47 Å². The van der Waals surface area contributed by atoms with E-state index in [0.717, 1.165) is 11.0 Å². The van der Waals surface area contributed by atoms with Crippen molar-refractivity contribution >= 4 is 29.0 Å². The predicted molar refractivity (Wildman–Crippen MR) is 72.6 cm³/mol. The van der Waals surface area contributed by atoms with Crippen LogP contribution < -0.4 is 9.64 Å². The summed E-state index contributed by atoms with van der Waals surface area (Å²) in [5.41, 5.74) is -0.121. The number of fused-ring (bicyclic) bond motifs is 1. The van der Waals surface area contributed by atoms with E-state index < -0.39 is 23.3 Å². The average molecular weight is 308 g/mol. The van der Waals surface area contributed by atoms with Crippen molar-refractivity contribution < 1.29 is 28.8 Å². The van der Waals surface area contributed by atoms with Crippen molar-refractivity contribution in [3.05, 3.63) is 28.3 Å². The van der Waals surface area contributed by atoms with E-state index in [-0.39, 0.29) is 36.1 Å². The van der Waals surface area contributed by atoms with Crippen LogP contribution in [0.25, 0.3) is 0 Å². The van der Waals surface area contributed by atoms with Gasteiger partial charge in [0.15, 0.2) is 12.4 Å². The highest BCUT2D eigenvalue weighted by Crippen LogP contribution is 2.35. The van der Waals surface area contributed by atoms with Gasteiger partial charge in [-0.2, -0.15) is 0 Å². The maximum atomic E-state index is 11.9. The van der Waals surface area contributed by atoms with Gasteiger partial charge in [-0.1, -0.05) is 0 Å². The number of carbonyl (C=O) groups excluding carboxylic acids is 3. The van der Waals surface area contributed by atoms with Crippen LogP contribution in [0.2, 0.25) is 0 Å². The van der Waals surface area contributed by atoms with Crippen LogP contribution in [-0.2, 0) is 19.1 Å². The molecule has 0 saturated heterocycles. The van der Waals surface area contributed by atoms with E-state index in [2.05, 4.69) is 0 Å². The number of nitrogens with zero attached hydrogens (tertiary/aromatic N) is 2. The Bertz CT molecular complexity index is 656. The largest absolute Gasteiger partial charge is 0.482 e. The molecule has 1 heterocycles. The van der Waals surface area contributed by atoms with Crippen LogP contribution >= 0.6 is 0 Å². The number of rotatable bonds is 5. The fraction of sp³-hybridized carbons (Fsp3) is 0.308. The first-order chi connectivity index (χ1) is 10.4. The van der Waals surface area contributed by atoms with Crippen LogP contribution in [0.5, 0.6) is 5.75 Å². The van der Waals surface area contributed by atoms with Crippen molar-refractivity contribution in [1.82, 2.24) is 0 Å². The third-order valence-electron chi connectivity index (χ3n) is 2.82. The molecule has 1 aliphatic heterocycles. The number of ether oxygens (including phenoxy) is 2. The zero-order chi connectivity index (χ0) is 16.3. The van der Waals surface area contributed by atoms with Gasteiger partial charge in [0.2, 0.25) is 0 Å². The summed E-state index contributed by atoms with van der Waals surface area (Å²) >= 11 is 0. The molecule has 0 spiro atoms. The van der Waals surface area contributed by atoms with Crippen LogP contribution in [0.4, 0.5) is 11.4 Å². The van der Waals surface area contributed by atoms with Crippen LogP contribution in [-0.4, -0.2) is 42.3 Å². The number of hydrogen-bond donors (Lipinski definition) is 0. The second-order valence-electron chi connectivity index (χ2n) is 4.54. The highest BCUT2D eigenvalue weighted by Gasteiger charge is 2.29. The maximum absolute atomic E-state index is 11.9. The van der Waals surface area contributed by atoms with Gasteiger partial charge in [-0.15, -0.1) is 0 Å². The monoisotopic (exact) mass is 308 g/mol. The van der Waals surface area contributed by atoms with Crippen molar-refractivity contribution in [3.8, 4) is 5.75 Å². The van der Waals surface area contributed by atoms with Gasteiger partial charge in [0.1, 0.15) is 18.9 Å². The fourth-order valence-electron chi connectivity index (χ4n) is 1.83. The average Bonchev–Trinajstić information content (AvgIpc) is 2.47. The number of anilines is 1. The predicted octanol–water partition coefficient (Wildman–Crippen LogP) is 0.452. The number of nitro groups is 1. The van der Waals surface area contributed by atoms with Gasteiger partial charge >= 0.3 is 5.97 Å². The van der Waals surface area contributed by atoms with Gasteiger partial charge in [0, 0.05) is 12.1 Å². The molecule has 0 bridgehead atoms. The van der Waals surface area contributed by atoms with Crippen molar-refractivity contribution in [3.63, 3.8) is 0 Å². The van der Waals surface area contributed by atoms with Gasteiger partial charge in [-0.3, -0.25) is 29.4 Å². The number of nitro benzene ring substituents is 1. The summed E-state index contributed by atoms with van der Waals surface area (Å²) in [6, 6.07) is 3.74. The summed E-state index contributed by atoms with van der Waals surface area (Å²) in [7, 11) is 0. The van der Waals surface area contributed by atoms with Gasteiger partial charge < -0.3 is 9.47 Å².